The molecule has 21 heavy (non-hydrogen) atoms. The fourth-order valence-electron chi connectivity index (χ4n) is 1.41. The highest BCUT2D eigenvalue weighted by atomic mass is 19.4. The van der Waals surface area contributed by atoms with E-state index in [1.807, 2.05) is 20.8 Å². The molecule has 0 saturated carbocycles. The lowest BCUT2D eigenvalue weighted by Gasteiger charge is -2.25. The van der Waals surface area contributed by atoms with E-state index < -0.39 is 18.8 Å². The van der Waals surface area contributed by atoms with E-state index in [1.165, 1.54) is 24.3 Å². The van der Waals surface area contributed by atoms with Crippen molar-refractivity contribution in [1.82, 2.24) is 0 Å². The van der Waals surface area contributed by atoms with Crippen LogP contribution in [0.1, 0.15) is 20.8 Å². The highest BCUT2D eigenvalue weighted by Gasteiger charge is 2.29. The van der Waals surface area contributed by atoms with Crippen molar-refractivity contribution in [3.05, 3.63) is 24.3 Å². The molecule has 4 nitrogen and oxygen atoms in total. The number of rotatable bonds is 4. The summed E-state index contributed by atoms with van der Waals surface area (Å²) in [5.41, 5.74) is 5.86. The second-order valence-electron chi connectivity index (χ2n) is 5.76. The molecule has 7 heteroatoms. The van der Waals surface area contributed by atoms with Crippen LogP contribution < -0.4 is 15.8 Å². The quantitative estimate of drug-likeness (QED) is 0.899. The Morgan fingerprint density at radius 2 is 1.76 bits per heavy atom. The number of benzene rings is 1. The van der Waals surface area contributed by atoms with Gasteiger partial charge in [-0.05, 0) is 29.7 Å². The summed E-state index contributed by atoms with van der Waals surface area (Å²) in [5, 5.41) is 2.61. The molecule has 0 unspecified atom stereocenters. The first-order chi connectivity index (χ1) is 9.49. The van der Waals surface area contributed by atoms with E-state index in [-0.39, 0.29) is 17.1 Å². The van der Waals surface area contributed by atoms with E-state index in [9.17, 15) is 18.0 Å². The predicted molar refractivity (Wildman–Crippen MR) is 74.1 cm³/mol. The molecule has 0 heterocycles. The molecule has 0 aromatic heterocycles. The zero-order valence-electron chi connectivity index (χ0n) is 12.1. The van der Waals surface area contributed by atoms with Crippen molar-refractivity contribution in [3.8, 4) is 5.75 Å². The molecule has 0 spiro atoms. The molecular formula is C14H19F3N2O2. The van der Waals surface area contributed by atoms with E-state index in [0.717, 1.165) is 0 Å². The summed E-state index contributed by atoms with van der Waals surface area (Å²) in [7, 11) is 0. The third-order valence-corrected chi connectivity index (χ3v) is 2.74. The Morgan fingerprint density at radius 3 is 2.19 bits per heavy atom. The van der Waals surface area contributed by atoms with Crippen LogP contribution in [0.3, 0.4) is 0 Å². The average molecular weight is 304 g/mol. The van der Waals surface area contributed by atoms with Gasteiger partial charge >= 0.3 is 6.18 Å². The molecule has 118 valence electrons. The van der Waals surface area contributed by atoms with Crippen molar-refractivity contribution in [1.29, 1.82) is 0 Å². The van der Waals surface area contributed by atoms with Gasteiger partial charge in [-0.2, -0.15) is 13.2 Å². The lowest BCUT2D eigenvalue weighted by molar-refractivity contribution is -0.153. The van der Waals surface area contributed by atoms with Crippen LogP contribution in [0.2, 0.25) is 0 Å². The van der Waals surface area contributed by atoms with E-state index in [0.29, 0.717) is 5.69 Å². The van der Waals surface area contributed by atoms with Gasteiger partial charge in [0, 0.05) is 5.69 Å². The van der Waals surface area contributed by atoms with E-state index in [4.69, 9.17) is 5.73 Å². The van der Waals surface area contributed by atoms with Crippen LogP contribution in [-0.4, -0.2) is 24.7 Å². The van der Waals surface area contributed by atoms with Crippen molar-refractivity contribution in [3.63, 3.8) is 0 Å². The Labute approximate surface area is 121 Å². The minimum atomic E-state index is -4.38. The number of nitrogens with two attached hydrogens (primary N) is 1. The minimum Gasteiger partial charge on any atom is -0.484 e. The molecule has 0 radical (unpaired) electrons. The molecule has 1 rings (SSSR count). The summed E-state index contributed by atoms with van der Waals surface area (Å²) >= 11 is 0. The second kappa shape index (κ2) is 6.34. The van der Waals surface area contributed by atoms with Crippen LogP contribution >= 0.6 is 0 Å². The largest absolute Gasteiger partial charge is 0.484 e. The number of alkyl halides is 3. The van der Waals surface area contributed by atoms with Gasteiger partial charge in [0.05, 0.1) is 6.04 Å². The van der Waals surface area contributed by atoms with Gasteiger partial charge in [-0.25, -0.2) is 0 Å². The molecule has 0 aliphatic rings. The second-order valence-corrected chi connectivity index (χ2v) is 5.76. The molecule has 0 saturated heterocycles. The van der Waals surface area contributed by atoms with E-state index in [1.54, 1.807) is 0 Å². The number of ether oxygens (including phenoxy) is 1. The lowest BCUT2D eigenvalue weighted by atomic mass is 9.87. The molecule has 0 fully saturated rings. The molecule has 1 aromatic rings. The Kier molecular flexibility index (Phi) is 5.22. The maximum atomic E-state index is 12.0. The standard InChI is InChI=1S/C14H19F3N2O2/c1-13(2,3)11(18)12(20)19-9-4-6-10(7-5-9)21-8-14(15,16)17/h4-7,11H,8,18H2,1-3H3,(H,19,20)/t11-/m0/s1. The van der Waals surface area contributed by atoms with Gasteiger partial charge in [0.15, 0.2) is 6.61 Å². The minimum absolute atomic E-state index is 0.0745. The molecule has 1 aromatic carbocycles. The van der Waals surface area contributed by atoms with Gasteiger partial charge < -0.3 is 15.8 Å². The number of nitrogens with one attached hydrogen (secondary N) is 1. The molecule has 0 aliphatic heterocycles. The van der Waals surface area contributed by atoms with Gasteiger partial charge in [0.1, 0.15) is 5.75 Å². The topological polar surface area (TPSA) is 64.4 Å². The lowest BCUT2D eigenvalue weighted by Crippen LogP contribution is -2.45. The first kappa shape index (κ1) is 17.3. The number of carbonyl (C=O) groups excluding carboxylic acids is 1. The number of hydrogen-bond donors (Lipinski definition) is 2. The first-order valence-electron chi connectivity index (χ1n) is 6.35. The Hall–Kier alpha value is -1.76. The number of anilines is 1. The summed E-state index contributed by atoms with van der Waals surface area (Å²) in [5.74, 6) is -0.281. The Bertz CT molecular complexity index is 478. The zero-order valence-corrected chi connectivity index (χ0v) is 12.1. The monoisotopic (exact) mass is 304 g/mol. The van der Waals surface area contributed by atoms with Crippen molar-refractivity contribution >= 4 is 11.6 Å². The summed E-state index contributed by atoms with van der Waals surface area (Å²) in [4.78, 5) is 11.9. The maximum absolute atomic E-state index is 12.0. The van der Waals surface area contributed by atoms with Crippen LogP contribution in [0, 0.1) is 5.41 Å². The van der Waals surface area contributed by atoms with Crippen molar-refractivity contribution in [2.45, 2.75) is 33.0 Å². The molecule has 1 atom stereocenters. The van der Waals surface area contributed by atoms with Crippen LogP contribution in [0.25, 0.3) is 0 Å². The van der Waals surface area contributed by atoms with Gasteiger partial charge in [-0.15, -0.1) is 0 Å². The average Bonchev–Trinajstić information content (AvgIpc) is 2.35. The number of hydrogen-bond acceptors (Lipinski definition) is 3. The normalized spacial score (nSPS) is 13.7. The molecule has 0 bridgehead atoms. The summed E-state index contributed by atoms with van der Waals surface area (Å²) in [6.07, 6.45) is -4.38. The van der Waals surface area contributed by atoms with Crippen LogP contribution in [0.5, 0.6) is 5.75 Å². The molecule has 1 amide bonds. The third-order valence-electron chi connectivity index (χ3n) is 2.74. The van der Waals surface area contributed by atoms with E-state index >= 15 is 0 Å². The summed E-state index contributed by atoms with van der Waals surface area (Å²) in [6, 6.07) is 4.92. The molecular weight excluding hydrogens is 285 g/mol. The van der Waals surface area contributed by atoms with Crippen molar-refractivity contribution < 1.29 is 22.7 Å². The zero-order chi connectivity index (χ0) is 16.3. The molecule has 0 aliphatic carbocycles. The Morgan fingerprint density at radius 1 is 1.24 bits per heavy atom. The van der Waals surface area contributed by atoms with Gasteiger partial charge in [-0.1, -0.05) is 20.8 Å². The van der Waals surface area contributed by atoms with Crippen LogP contribution in [-0.2, 0) is 4.79 Å². The third kappa shape index (κ3) is 6.03. The predicted octanol–water partition coefficient (Wildman–Crippen LogP) is 2.94. The highest BCUT2D eigenvalue weighted by molar-refractivity contribution is 5.95. The van der Waals surface area contributed by atoms with Gasteiger partial charge in [0.2, 0.25) is 5.91 Å². The fraction of sp³-hybridized carbons (Fsp3) is 0.500. The van der Waals surface area contributed by atoms with Gasteiger partial charge in [-0.3, -0.25) is 4.79 Å². The fourth-order valence-corrected chi connectivity index (χ4v) is 1.41. The summed E-state index contributed by atoms with van der Waals surface area (Å²) in [6.45, 7) is 4.16. The van der Waals surface area contributed by atoms with Gasteiger partial charge in [0.25, 0.3) is 0 Å². The van der Waals surface area contributed by atoms with Crippen molar-refractivity contribution in [2.75, 3.05) is 11.9 Å². The number of carbonyl (C=O) groups is 1. The smallest absolute Gasteiger partial charge is 0.422 e. The summed E-state index contributed by atoms with van der Waals surface area (Å²) < 4.78 is 40.6. The first-order valence-corrected chi connectivity index (χ1v) is 6.35. The molecule has 3 N–H and O–H groups in total. The van der Waals surface area contributed by atoms with E-state index in [2.05, 4.69) is 10.1 Å². The van der Waals surface area contributed by atoms with Crippen molar-refractivity contribution in [2.24, 2.45) is 11.1 Å². The number of amides is 1. The van der Waals surface area contributed by atoms with Crippen LogP contribution in [0.4, 0.5) is 18.9 Å². The Balaban J connectivity index is 2.61. The maximum Gasteiger partial charge on any atom is 0.422 e. The SMILES string of the molecule is CC(C)(C)[C@@H](N)C(=O)Nc1ccc(OCC(F)(F)F)cc1. The highest BCUT2D eigenvalue weighted by Crippen LogP contribution is 2.22. The number of halogens is 3. The van der Waals surface area contributed by atoms with Crippen LogP contribution in [0.15, 0.2) is 24.3 Å².